The minimum atomic E-state index is -0.349. The molecule has 0 unspecified atom stereocenters. The SMILES string of the molecule is Cc1nc(N2CCN(CCO)CC2)nc2ncc(NC(=O)COc3ccc(Cl)cc3Cl)cc12. The van der Waals surface area contributed by atoms with Gasteiger partial charge in [-0.2, -0.15) is 4.98 Å². The van der Waals surface area contributed by atoms with Gasteiger partial charge < -0.3 is 20.1 Å². The normalized spacial score (nSPS) is 14.5. The molecule has 0 atom stereocenters. The summed E-state index contributed by atoms with van der Waals surface area (Å²) in [4.78, 5) is 30.4. The van der Waals surface area contributed by atoms with Gasteiger partial charge in [-0.3, -0.25) is 9.69 Å². The van der Waals surface area contributed by atoms with Crippen molar-refractivity contribution in [2.45, 2.75) is 6.92 Å². The lowest BCUT2D eigenvalue weighted by Crippen LogP contribution is -2.47. The van der Waals surface area contributed by atoms with Gasteiger partial charge in [-0.15, -0.1) is 0 Å². The number of β-amino-alcohol motifs (C(OH)–C–C–N with tert-alkyl or cyclic N) is 1. The van der Waals surface area contributed by atoms with Gasteiger partial charge in [0, 0.05) is 43.1 Å². The second-order valence-electron chi connectivity index (χ2n) is 7.67. The molecule has 33 heavy (non-hydrogen) atoms. The van der Waals surface area contributed by atoms with E-state index >= 15 is 0 Å². The molecule has 3 heterocycles. The molecule has 9 nitrogen and oxygen atoms in total. The Bertz CT molecular complexity index is 1150. The van der Waals surface area contributed by atoms with E-state index in [0.29, 0.717) is 39.6 Å². The van der Waals surface area contributed by atoms with Crippen molar-refractivity contribution in [3.05, 3.63) is 46.2 Å². The Labute approximate surface area is 201 Å². The number of amides is 1. The van der Waals surface area contributed by atoms with Gasteiger partial charge in [0.15, 0.2) is 12.3 Å². The third kappa shape index (κ3) is 5.80. The first-order valence-electron chi connectivity index (χ1n) is 10.5. The zero-order valence-electron chi connectivity index (χ0n) is 18.1. The minimum Gasteiger partial charge on any atom is -0.482 e. The zero-order chi connectivity index (χ0) is 23.4. The molecule has 0 bridgehead atoms. The highest BCUT2D eigenvalue weighted by atomic mass is 35.5. The lowest BCUT2D eigenvalue weighted by Gasteiger charge is -2.34. The summed E-state index contributed by atoms with van der Waals surface area (Å²) in [6, 6.07) is 6.60. The van der Waals surface area contributed by atoms with Crippen molar-refractivity contribution in [2.24, 2.45) is 0 Å². The molecule has 1 saturated heterocycles. The number of fused-ring (bicyclic) bond motifs is 1. The quantitative estimate of drug-likeness (QED) is 0.520. The number of nitrogens with zero attached hydrogens (tertiary/aromatic N) is 5. The zero-order valence-corrected chi connectivity index (χ0v) is 19.6. The van der Waals surface area contributed by atoms with Crippen LogP contribution in [0, 0.1) is 6.92 Å². The predicted octanol–water partition coefficient (Wildman–Crippen LogP) is 2.77. The van der Waals surface area contributed by atoms with Crippen molar-refractivity contribution >= 4 is 51.8 Å². The maximum atomic E-state index is 12.3. The molecule has 1 amide bonds. The third-order valence-corrected chi connectivity index (χ3v) is 5.87. The van der Waals surface area contributed by atoms with Crippen LogP contribution in [0.3, 0.4) is 0 Å². The molecular formula is C22H24Cl2N6O3. The first kappa shape index (κ1) is 23.4. The fraction of sp³-hybridized carbons (Fsp3) is 0.364. The Morgan fingerprint density at radius 1 is 1.18 bits per heavy atom. The number of benzene rings is 1. The molecule has 0 spiro atoms. The average molecular weight is 491 g/mol. The monoisotopic (exact) mass is 490 g/mol. The van der Waals surface area contributed by atoms with Gasteiger partial charge >= 0.3 is 0 Å². The Hall–Kier alpha value is -2.72. The highest BCUT2D eigenvalue weighted by molar-refractivity contribution is 6.35. The van der Waals surface area contributed by atoms with Crippen molar-refractivity contribution in [1.29, 1.82) is 0 Å². The van der Waals surface area contributed by atoms with Crippen LogP contribution in [0.2, 0.25) is 10.0 Å². The van der Waals surface area contributed by atoms with Gasteiger partial charge in [0.1, 0.15) is 5.75 Å². The lowest BCUT2D eigenvalue weighted by atomic mass is 10.2. The van der Waals surface area contributed by atoms with E-state index in [9.17, 15) is 4.79 Å². The van der Waals surface area contributed by atoms with Crippen LogP contribution in [0.15, 0.2) is 30.5 Å². The molecule has 3 aromatic rings. The summed E-state index contributed by atoms with van der Waals surface area (Å²) in [5.41, 5.74) is 1.87. The second-order valence-corrected chi connectivity index (χ2v) is 8.51. The number of anilines is 2. The van der Waals surface area contributed by atoms with Gasteiger partial charge in [-0.05, 0) is 31.2 Å². The predicted molar refractivity (Wildman–Crippen MR) is 128 cm³/mol. The smallest absolute Gasteiger partial charge is 0.262 e. The number of rotatable bonds is 7. The molecule has 2 aromatic heterocycles. The van der Waals surface area contributed by atoms with E-state index in [1.54, 1.807) is 30.5 Å². The number of aliphatic hydroxyl groups excluding tert-OH is 1. The number of halogens is 2. The second kappa shape index (κ2) is 10.5. The van der Waals surface area contributed by atoms with E-state index in [4.69, 9.17) is 33.0 Å². The number of hydrogen-bond acceptors (Lipinski definition) is 8. The van der Waals surface area contributed by atoms with Crippen molar-refractivity contribution < 1.29 is 14.6 Å². The summed E-state index contributed by atoms with van der Waals surface area (Å²) in [5, 5.41) is 13.5. The number of carbonyl (C=O) groups is 1. The number of carbonyl (C=O) groups excluding carboxylic acids is 1. The summed E-state index contributed by atoms with van der Waals surface area (Å²) >= 11 is 11.9. The topological polar surface area (TPSA) is 104 Å². The Kier molecular flexibility index (Phi) is 7.44. The number of nitrogens with one attached hydrogen (secondary N) is 1. The Morgan fingerprint density at radius 2 is 1.97 bits per heavy atom. The molecule has 0 radical (unpaired) electrons. The highest BCUT2D eigenvalue weighted by Crippen LogP contribution is 2.27. The van der Waals surface area contributed by atoms with Gasteiger partial charge in [0.25, 0.3) is 5.91 Å². The van der Waals surface area contributed by atoms with E-state index in [-0.39, 0.29) is 19.1 Å². The molecule has 1 fully saturated rings. The number of pyridine rings is 1. The van der Waals surface area contributed by atoms with Crippen molar-refractivity contribution in [1.82, 2.24) is 19.9 Å². The lowest BCUT2D eigenvalue weighted by molar-refractivity contribution is -0.118. The fourth-order valence-corrected chi connectivity index (χ4v) is 4.06. The van der Waals surface area contributed by atoms with Gasteiger partial charge in [0.2, 0.25) is 5.95 Å². The highest BCUT2D eigenvalue weighted by Gasteiger charge is 2.20. The number of aryl methyl sites for hydroxylation is 1. The van der Waals surface area contributed by atoms with E-state index in [1.807, 2.05) is 6.92 Å². The Morgan fingerprint density at radius 3 is 2.70 bits per heavy atom. The van der Waals surface area contributed by atoms with Crippen LogP contribution in [-0.4, -0.2) is 76.8 Å². The number of aromatic nitrogens is 3. The standard InChI is InChI=1S/C22H24Cl2N6O3/c1-14-17-11-16(27-20(32)13-33-19-3-2-15(23)10-18(19)24)12-25-21(17)28-22(26-14)30-6-4-29(5-7-30)8-9-31/h2-3,10-12,31H,4-9,13H2,1H3,(H,27,32). The van der Waals surface area contributed by atoms with Crippen LogP contribution in [0.4, 0.5) is 11.6 Å². The summed E-state index contributed by atoms with van der Waals surface area (Å²) in [6.45, 7) is 5.80. The van der Waals surface area contributed by atoms with Crippen molar-refractivity contribution in [3.63, 3.8) is 0 Å². The van der Waals surface area contributed by atoms with E-state index in [0.717, 1.165) is 37.3 Å². The largest absolute Gasteiger partial charge is 0.482 e. The van der Waals surface area contributed by atoms with Crippen LogP contribution in [0.1, 0.15) is 5.69 Å². The molecule has 1 aliphatic heterocycles. The maximum Gasteiger partial charge on any atom is 0.262 e. The van der Waals surface area contributed by atoms with Gasteiger partial charge in [-0.25, -0.2) is 9.97 Å². The number of aliphatic hydroxyl groups is 1. The number of ether oxygens (including phenoxy) is 1. The van der Waals surface area contributed by atoms with Gasteiger partial charge in [-0.1, -0.05) is 23.2 Å². The molecule has 4 rings (SSSR count). The van der Waals surface area contributed by atoms with E-state index in [2.05, 4.69) is 30.1 Å². The maximum absolute atomic E-state index is 12.3. The minimum absolute atomic E-state index is 0.162. The summed E-state index contributed by atoms with van der Waals surface area (Å²) in [5.74, 6) is 0.668. The van der Waals surface area contributed by atoms with Crippen molar-refractivity contribution in [2.75, 3.05) is 56.2 Å². The molecule has 1 aromatic carbocycles. The summed E-state index contributed by atoms with van der Waals surface area (Å²) in [6.07, 6.45) is 1.56. The summed E-state index contributed by atoms with van der Waals surface area (Å²) in [7, 11) is 0. The van der Waals surface area contributed by atoms with E-state index < -0.39 is 0 Å². The van der Waals surface area contributed by atoms with Crippen LogP contribution in [-0.2, 0) is 4.79 Å². The van der Waals surface area contributed by atoms with Crippen LogP contribution in [0.5, 0.6) is 5.75 Å². The molecule has 174 valence electrons. The first-order chi connectivity index (χ1) is 15.9. The molecule has 11 heteroatoms. The number of piperazine rings is 1. The molecule has 0 aliphatic carbocycles. The number of hydrogen-bond donors (Lipinski definition) is 2. The first-order valence-corrected chi connectivity index (χ1v) is 11.3. The third-order valence-electron chi connectivity index (χ3n) is 5.34. The molecule has 0 saturated carbocycles. The summed E-state index contributed by atoms with van der Waals surface area (Å²) < 4.78 is 5.47. The molecule has 2 N–H and O–H groups in total. The molecule has 1 aliphatic rings. The van der Waals surface area contributed by atoms with Crippen molar-refractivity contribution in [3.8, 4) is 5.75 Å². The van der Waals surface area contributed by atoms with Gasteiger partial charge in [0.05, 0.1) is 29.2 Å². The molecular weight excluding hydrogens is 467 g/mol. The van der Waals surface area contributed by atoms with Crippen LogP contribution >= 0.6 is 23.2 Å². The Balaban J connectivity index is 1.41. The van der Waals surface area contributed by atoms with Crippen LogP contribution < -0.4 is 15.0 Å². The fourth-order valence-electron chi connectivity index (χ4n) is 3.60. The van der Waals surface area contributed by atoms with Crippen LogP contribution in [0.25, 0.3) is 11.0 Å². The average Bonchev–Trinajstić information content (AvgIpc) is 2.79. The van der Waals surface area contributed by atoms with E-state index in [1.165, 1.54) is 0 Å².